The molecule has 0 saturated heterocycles. The molecule has 4 rings (SSSR count). The summed E-state index contributed by atoms with van der Waals surface area (Å²) in [6.07, 6.45) is 3.71. The maximum atomic E-state index is 10.4. The van der Waals surface area contributed by atoms with Gasteiger partial charge in [0.1, 0.15) is 17.8 Å². The first-order valence-electron chi connectivity index (χ1n) is 12.8. The van der Waals surface area contributed by atoms with Crippen LogP contribution in [0, 0.1) is 6.92 Å². The van der Waals surface area contributed by atoms with Crippen LogP contribution in [0.25, 0.3) is 5.69 Å². The van der Waals surface area contributed by atoms with Crippen LogP contribution < -0.4 is 10.1 Å². The number of aliphatic hydroxyl groups excluding tert-OH is 1. The van der Waals surface area contributed by atoms with Gasteiger partial charge in [-0.25, -0.2) is 0 Å². The van der Waals surface area contributed by atoms with Gasteiger partial charge in [-0.2, -0.15) is 0 Å². The van der Waals surface area contributed by atoms with Crippen LogP contribution >= 0.6 is 11.8 Å². The quantitative estimate of drug-likeness (QED) is 0.127. The minimum absolute atomic E-state index is 0.500. The van der Waals surface area contributed by atoms with E-state index in [2.05, 4.69) is 69.5 Å². The Balaban J connectivity index is 1.34. The summed E-state index contributed by atoms with van der Waals surface area (Å²) in [7, 11) is 1.68. The predicted molar refractivity (Wildman–Crippen MR) is 150 cm³/mol. The van der Waals surface area contributed by atoms with E-state index in [1.165, 1.54) is 16.7 Å². The van der Waals surface area contributed by atoms with E-state index in [0.29, 0.717) is 6.42 Å². The number of hydrogen-bond acceptors (Lipinski definition) is 6. The summed E-state index contributed by atoms with van der Waals surface area (Å²) in [5, 5.41) is 23.5. The molecule has 1 unspecified atom stereocenters. The van der Waals surface area contributed by atoms with Gasteiger partial charge in [0.15, 0.2) is 5.16 Å². The number of aromatic nitrogens is 3. The van der Waals surface area contributed by atoms with Gasteiger partial charge in [0, 0.05) is 24.8 Å². The molecule has 1 atom stereocenters. The second kappa shape index (κ2) is 14.0. The highest BCUT2D eigenvalue weighted by molar-refractivity contribution is 7.98. The molecule has 4 aromatic rings. The van der Waals surface area contributed by atoms with Gasteiger partial charge in [0.2, 0.25) is 0 Å². The number of nitrogens with one attached hydrogen (secondary N) is 1. The molecule has 1 heterocycles. The number of benzene rings is 3. The number of rotatable bonds is 14. The van der Waals surface area contributed by atoms with Gasteiger partial charge in [-0.3, -0.25) is 9.88 Å². The lowest BCUT2D eigenvalue weighted by Crippen LogP contribution is -2.30. The number of aliphatic hydroxyl groups is 1. The van der Waals surface area contributed by atoms with Crippen LogP contribution in [0.4, 0.5) is 0 Å². The lowest BCUT2D eigenvalue weighted by molar-refractivity contribution is 0.125. The fraction of sp³-hybridized carbons (Fsp3) is 0.333. The van der Waals surface area contributed by atoms with Crippen molar-refractivity contribution < 1.29 is 9.84 Å². The normalized spacial score (nSPS) is 12.0. The van der Waals surface area contributed by atoms with E-state index in [9.17, 15) is 5.11 Å². The minimum Gasteiger partial charge on any atom is -0.497 e. The lowest BCUT2D eigenvalue weighted by Gasteiger charge is -2.13. The summed E-state index contributed by atoms with van der Waals surface area (Å²) >= 11 is 1.69. The zero-order valence-electron chi connectivity index (χ0n) is 21.6. The van der Waals surface area contributed by atoms with Crippen LogP contribution in [0.3, 0.4) is 0 Å². The van der Waals surface area contributed by atoms with Crippen LogP contribution in [0.1, 0.15) is 41.8 Å². The van der Waals surface area contributed by atoms with E-state index in [4.69, 9.17) is 4.74 Å². The van der Waals surface area contributed by atoms with Crippen LogP contribution in [0.2, 0.25) is 0 Å². The highest BCUT2D eigenvalue weighted by Gasteiger charge is 2.15. The average Bonchev–Trinajstić information content (AvgIpc) is 3.33. The second-order valence-corrected chi connectivity index (χ2v) is 10.1. The number of hydrogen-bond donors (Lipinski definition) is 2. The molecule has 2 N–H and O–H groups in total. The highest BCUT2D eigenvalue weighted by atomic mass is 32.2. The van der Waals surface area contributed by atoms with E-state index in [1.54, 1.807) is 18.9 Å². The van der Waals surface area contributed by atoms with Crippen molar-refractivity contribution in [2.45, 2.75) is 56.2 Å². The minimum atomic E-state index is -0.500. The molecule has 0 spiro atoms. The van der Waals surface area contributed by atoms with Gasteiger partial charge in [0.25, 0.3) is 0 Å². The van der Waals surface area contributed by atoms with Crippen LogP contribution in [-0.4, -0.2) is 39.8 Å². The summed E-state index contributed by atoms with van der Waals surface area (Å²) in [5.74, 6) is 2.55. The topological polar surface area (TPSA) is 72.2 Å². The molecule has 0 aliphatic rings. The Bertz CT molecular complexity index is 1250. The third-order valence-electron chi connectivity index (χ3n) is 6.23. The van der Waals surface area contributed by atoms with Crippen molar-refractivity contribution in [1.82, 2.24) is 20.1 Å². The lowest BCUT2D eigenvalue weighted by atomic mass is 10.1. The third-order valence-corrected chi connectivity index (χ3v) is 7.23. The Hall–Kier alpha value is -3.13. The fourth-order valence-electron chi connectivity index (χ4n) is 4.27. The largest absolute Gasteiger partial charge is 0.497 e. The summed E-state index contributed by atoms with van der Waals surface area (Å²) in [5.41, 5.74) is 4.79. The molecular formula is C30H36N4O2S. The molecule has 0 fully saturated rings. The van der Waals surface area contributed by atoms with E-state index in [0.717, 1.165) is 60.4 Å². The molecule has 0 bridgehead atoms. The van der Waals surface area contributed by atoms with Gasteiger partial charge in [-0.1, -0.05) is 78.0 Å². The number of unbranched alkanes of at least 4 members (excludes halogenated alkanes) is 1. The summed E-state index contributed by atoms with van der Waals surface area (Å²) < 4.78 is 7.60. The first kappa shape index (κ1) is 26.9. The smallest absolute Gasteiger partial charge is 0.196 e. The molecule has 6 nitrogen and oxygen atoms in total. The summed E-state index contributed by atoms with van der Waals surface area (Å²) in [6, 6.07) is 26.9. The number of aryl methyl sites for hydroxylation is 2. The van der Waals surface area contributed by atoms with Crippen molar-refractivity contribution >= 4 is 11.8 Å². The van der Waals surface area contributed by atoms with E-state index in [-0.39, 0.29) is 0 Å². The molecular weight excluding hydrogens is 480 g/mol. The van der Waals surface area contributed by atoms with Crippen molar-refractivity contribution in [3.63, 3.8) is 0 Å². The monoisotopic (exact) mass is 516 g/mol. The molecule has 3 aromatic carbocycles. The zero-order chi connectivity index (χ0) is 25.9. The maximum absolute atomic E-state index is 10.4. The van der Waals surface area contributed by atoms with Crippen LogP contribution in [0.15, 0.2) is 84.0 Å². The molecule has 7 heteroatoms. The second-order valence-electron chi connectivity index (χ2n) is 9.16. The molecule has 0 saturated carbocycles. The van der Waals surface area contributed by atoms with Crippen molar-refractivity contribution in [1.29, 1.82) is 0 Å². The standard InChI is InChI=1S/C30H36N4O2S/c1-23-10-8-13-25(20-23)22-37-30-33-32-28(34(30)26-14-9-15-27(21-26)36-2)16-6-7-17-29(35)31-19-18-24-11-4-3-5-12-24/h3-5,8-15,20-21,29,31,35H,6-7,16-19,22H2,1-2H3. The molecule has 0 aliphatic heterocycles. The van der Waals surface area contributed by atoms with E-state index < -0.39 is 6.23 Å². The predicted octanol–water partition coefficient (Wildman–Crippen LogP) is 5.74. The maximum Gasteiger partial charge on any atom is 0.196 e. The van der Waals surface area contributed by atoms with Gasteiger partial charge >= 0.3 is 0 Å². The van der Waals surface area contributed by atoms with Crippen LogP contribution in [0.5, 0.6) is 5.75 Å². The van der Waals surface area contributed by atoms with Gasteiger partial charge in [-0.05, 0) is 55.9 Å². The fourth-order valence-corrected chi connectivity index (χ4v) is 5.18. The number of nitrogens with zero attached hydrogens (tertiary/aromatic N) is 3. The molecule has 194 valence electrons. The van der Waals surface area contributed by atoms with E-state index >= 15 is 0 Å². The first-order valence-corrected chi connectivity index (χ1v) is 13.8. The Labute approximate surface area is 224 Å². The molecule has 0 aliphatic carbocycles. The first-order chi connectivity index (χ1) is 18.1. The Morgan fingerprint density at radius 3 is 2.54 bits per heavy atom. The van der Waals surface area contributed by atoms with Crippen molar-refractivity contribution in [2.24, 2.45) is 0 Å². The summed E-state index contributed by atoms with van der Waals surface area (Å²) in [6.45, 7) is 2.87. The molecule has 0 radical (unpaired) electrons. The Morgan fingerprint density at radius 1 is 0.919 bits per heavy atom. The number of thioether (sulfide) groups is 1. The molecule has 1 aromatic heterocycles. The highest BCUT2D eigenvalue weighted by Crippen LogP contribution is 2.28. The van der Waals surface area contributed by atoms with Crippen molar-refractivity contribution in [3.8, 4) is 11.4 Å². The van der Waals surface area contributed by atoms with E-state index in [1.807, 2.05) is 36.4 Å². The van der Waals surface area contributed by atoms with Gasteiger partial charge in [-0.15, -0.1) is 10.2 Å². The molecule has 0 amide bonds. The zero-order valence-corrected chi connectivity index (χ0v) is 22.5. The molecule has 37 heavy (non-hydrogen) atoms. The number of ether oxygens (including phenoxy) is 1. The Kier molecular flexibility index (Phi) is 10.2. The van der Waals surface area contributed by atoms with Gasteiger partial charge in [0.05, 0.1) is 12.8 Å². The van der Waals surface area contributed by atoms with Gasteiger partial charge < -0.3 is 9.84 Å². The van der Waals surface area contributed by atoms with Crippen molar-refractivity contribution in [3.05, 3.63) is 101 Å². The summed E-state index contributed by atoms with van der Waals surface area (Å²) in [4.78, 5) is 0. The van der Waals surface area contributed by atoms with Crippen LogP contribution in [-0.2, 0) is 18.6 Å². The average molecular weight is 517 g/mol. The number of methoxy groups -OCH3 is 1. The third kappa shape index (κ3) is 8.18. The van der Waals surface area contributed by atoms with Crippen molar-refractivity contribution in [2.75, 3.05) is 13.7 Å². The SMILES string of the molecule is COc1cccc(-n2c(CCCCC(O)NCCc3ccccc3)nnc2SCc2cccc(C)c2)c1. The Morgan fingerprint density at radius 2 is 1.73 bits per heavy atom.